The number of benzene rings is 3. The Labute approximate surface area is 290 Å². The van der Waals surface area contributed by atoms with E-state index in [0.717, 1.165) is 6.20 Å². The number of aliphatic imine (C=N–C) groups is 1. The van der Waals surface area contributed by atoms with Crippen LogP contribution in [0.1, 0.15) is 47.8 Å². The van der Waals surface area contributed by atoms with E-state index < -0.39 is 54.6 Å². The second-order valence-electron chi connectivity index (χ2n) is 11.4. The zero-order valence-corrected chi connectivity index (χ0v) is 27.3. The summed E-state index contributed by atoms with van der Waals surface area (Å²) in [6.07, 6.45) is -2.65. The number of fused-ring (bicyclic) bond motifs is 1. The van der Waals surface area contributed by atoms with E-state index in [9.17, 15) is 24.0 Å². The van der Waals surface area contributed by atoms with E-state index in [1.54, 1.807) is 97.9 Å². The van der Waals surface area contributed by atoms with Crippen LogP contribution < -0.4 is 5.56 Å². The number of carbonyl (C=O) groups is 4. The Morgan fingerprint density at radius 3 is 1.92 bits per heavy atom. The number of aromatic nitrogens is 4. The molecule has 0 radical (unpaired) electrons. The lowest BCUT2D eigenvalue weighted by Crippen LogP contribution is -2.41. The Hall–Kier alpha value is -6.61. The van der Waals surface area contributed by atoms with E-state index in [1.807, 2.05) is 0 Å². The molecule has 0 unspecified atom stereocenters. The van der Waals surface area contributed by atoms with Gasteiger partial charge in [-0.1, -0.05) is 54.6 Å². The van der Waals surface area contributed by atoms with Gasteiger partial charge in [0, 0.05) is 14.1 Å². The van der Waals surface area contributed by atoms with E-state index in [-0.39, 0.29) is 39.5 Å². The zero-order valence-electron chi connectivity index (χ0n) is 27.3. The van der Waals surface area contributed by atoms with Crippen molar-refractivity contribution >= 4 is 47.6 Å². The minimum absolute atomic E-state index is 0.132. The van der Waals surface area contributed by atoms with Crippen LogP contribution in [0.15, 0.2) is 107 Å². The summed E-state index contributed by atoms with van der Waals surface area (Å²) in [4.78, 5) is 83.4. The maximum absolute atomic E-state index is 13.7. The predicted molar refractivity (Wildman–Crippen MR) is 181 cm³/mol. The van der Waals surface area contributed by atoms with Gasteiger partial charge in [-0.25, -0.2) is 29.3 Å². The van der Waals surface area contributed by atoms with Gasteiger partial charge in [0.15, 0.2) is 35.9 Å². The third kappa shape index (κ3) is 7.68. The Morgan fingerprint density at radius 2 is 1.37 bits per heavy atom. The van der Waals surface area contributed by atoms with Crippen LogP contribution in [0, 0.1) is 0 Å². The van der Waals surface area contributed by atoms with Gasteiger partial charge in [0.1, 0.15) is 18.4 Å². The average molecular weight is 691 g/mol. The third-order valence-corrected chi connectivity index (χ3v) is 7.58. The number of hydrogen-bond acceptors (Lipinski definition) is 13. The fourth-order valence-electron chi connectivity index (χ4n) is 5.22. The van der Waals surface area contributed by atoms with Gasteiger partial charge in [-0.2, -0.15) is 4.98 Å². The minimum atomic E-state index is -1.47. The fourth-order valence-corrected chi connectivity index (χ4v) is 5.22. The van der Waals surface area contributed by atoms with Gasteiger partial charge >= 0.3 is 23.5 Å². The molecule has 4 atom stereocenters. The molecule has 15 heteroatoms. The SMILES string of the molecule is CN(C)/C=N/c1nc(=O)c2nc(C=O)cnc2n1[C@@H]1O[C@H](COC(=O)c2ccccc2)[C@@H](OC(=O)c2ccccc2)[C@H]1OC(=O)c1ccccc1. The molecule has 15 nitrogen and oxygen atoms in total. The molecule has 0 saturated carbocycles. The van der Waals surface area contributed by atoms with Crippen LogP contribution in [-0.4, -0.2) is 94.0 Å². The van der Waals surface area contributed by atoms with Crippen LogP contribution in [0.25, 0.3) is 11.2 Å². The van der Waals surface area contributed by atoms with E-state index in [2.05, 4.69) is 19.9 Å². The van der Waals surface area contributed by atoms with Crippen molar-refractivity contribution in [3.8, 4) is 0 Å². The summed E-state index contributed by atoms with van der Waals surface area (Å²) in [6, 6.07) is 24.4. The third-order valence-electron chi connectivity index (χ3n) is 7.58. The molecule has 0 aliphatic carbocycles. The minimum Gasteiger partial charge on any atom is -0.459 e. The smallest absolute Gasteiger partial charge is 0.338 e. The van der Waals surface area contributed by atoms with Gasteiger partial charge in [0.25, 0.3) is 0 Å². The van der Waals surface area contributed by atoms with Gasteiger partial charge < -0.3 is 23.8 Å². The Morgan fingerprint density at radius 1 is 0.824 bits per heavy atom. The van der Waals surface area contributed by atoms with Gasteiger partial charge in [-0.05, 0) is 36.4 Å². The molecule has 0 amide bonds. The Balaban J connectivity index is 1.50. The molecular formula is C36H30N6O9. The normalized spacial score (nSPS) is 18.3. The average Bonchev–Trinajstić information content (AvgIpc) is 3.48. The maximum Gasteiger partial charge on any atom is 0.338 e. The Kier molecular flexibility index (Phi) is 10.3. The molecule has 3 heterocycles. The summed E-state index contributed by atoms with van der Waals surface area (Å²) < 4.78 is 25.4. The number of hydrogen-bond donors (Lipinski definition) is 0. The van der Waals surface area contributed by atoms with Crippen molar-refractivity contribution in [1.82, 2.24) is 24.4 Å². The molecule has 3 aromatic carbocycles. The van der Waals surface area contributed by atoms with Crippen LogP contribution in [0.4, 0.5) is 5.95 Å². The highest BCUT2D eigenvalue weighted by Gasteiger charge is 2.52. The van der Waals surface area contributed by atoms with Crippen LogP contribution in [0.3, 0.4) is 0 Å². The highest BCUT2D eigenvalue weighted by Crippen LogP contribution is 2.38. The first kappa shape index (κ1) is 34.3. The van der Waals surface area contributed by atoms with Crippen molar-refractivity contribution in [3.05, 3.63) is 130 Å². The lowest BCUT2D eigenvalue weighted by Gasteiger charge is -2.26. The standard InChI is InChI=1S/C36H30N6O9/c1-41(2)21-38-36-40-31(44)27-30(37-18-25(19-43)39-27)42(36)32-29(51-35(47)24-16-10-5-11-17-24)28(50-34(46)23-14-8-4-9-15-23)26(49-32)20-48-33(45)22-12-6-3-7-13-22/h3-19,21,26,28-29,32H,20H2,1-2H3/b38-21+/t26-,28-,29-,32-/m1/s1. The molecule has 258 valence electrons. The van der Waals surface area contributed by atoms with Gasteiger partial charge in [-0.15, -0.1) is 0 Å². The molecule has 1 aliphatic rings. The fraction of sp³-hybridized carbons (Fsp3) is 0.194. The summed E-state index contributed by atoms with van der Waals surface area (Å²) in [5, 5.41) is 0. The highest BCUT2D eigenvalue weighted by atomic mass is 16.7. The predicted octanol–water partition coefficient (Wildman–Crippen LogP) is 3.43. The first-order valence-corrected chi connectivity index (χ1v) is 15.6. The number of aldehydes is 1. The second kappa shape index (κ2) is 15.3. The topological polar surface area (TPSA) is 181 Å². The van der Waals surface area contributed by atoms with E-state index in [0.29, 0.717) is 6.29 Å². The molecule has 1 aliphatic heterocycles. The lowest BCUT2D eigenvalue weighted by atomic mass is 10.1. The number of carbonyl (C=O) groups excluding carboxylic acids is 4. The van der Waals surface area contributed by atoms with Crippen molar-refractivity contribution in [1.29, 1.82) is 0 Å². The molecule has 1 fully saturated rings. The maximum atomic E-state index is 13.7. The quantitative estimate of drug-likeness (QED) is 0.0647. The molecule has 0 bridgehead atoms. The summed E-state index contributed by atoms with van der Waals surface area (Å²) >= 11 is 0. The Bertz CT molecular complexity index is 2140. The number of esters is 3. The van der Waals surface area contributed by atoms with Crippen LogP contribution in [-0.2, 0) is 18.9 Å². The molecule has 51 heavy (non-hydrogen) atoms. The monoisotopic (exact) mass is 690 g/mol. The first-order valence-electron chi connectivity index (χ1n) is 15.6. The summed E-state index contributed by atoms with van der Waals surface area (Å²) in [5.74, 6) is -2.51. The first-order chi connectivity index (χ1) is 24.7. The van der Waals surface area contributed by atoms with Crippen LogP contribution in [0.5, 0.6) is 0 Å². The molecule has 0 N–H and O–H groups in total. The highest BCUT2D eigenvalue weighted by molar-refractivity contribution is 5.91. The summed E-state index contributed by atoms with van der Waals surface area (Å²) in [5.41, 5.74) is -0.809. The van der Waals surface area contributed by atoms with Crippen molar-refractivity contribution in [2.75, 3.05) is 20.7 Å². The second-order valence-corrected chi connectivity index (χ2v) is 11.4. The molecule has 5 aromatic rings. The van der Waals surface area contributed by atoms with E-state index in [1.165, 1.54) is 23.0 Å². The van der Waals surface area contributed by atoms with Gasteiger partial charge in [0.2, 0.25) is 5.95 Å². The van der Waals surface area contributed by atoms with Gasteiger partial charge in [-0.3, -0.25) is 14.2 Å². The number of nitrogens with zero attached hydrogens (tertiary/aromatic N) is 6. The largest absolute Gasteiger partial charge is 0.459 e. The molecular weight excluding hydrogens is 660 g/mol. The van der Waals surface area contributed by atoms with E-state index in [4.69, 9.17) is 18.9 Å². The zero-order chi connectivity index (χ0) is 35.9. The molecule has 2 aromatic heterocycles. The molecule has 6 rings (SSSR count). The van der Waals surface area contributed by atoms with E-state index >= 15 is 0 Å². The number of ether oxygens (including phenoxy) is 4. The summed E-state index contributed by atoms with van der Waals surface area (Å²) in [7, 11) is 3.38. The lowest BCUT2D eigenvalue weighted by molar-refractivity contribution is -0.0602. The number of rotatable bonds is 11. The van der Waals surface area contributed by atoms with Crippen molar-refractivity contribution in [2.24, 2.45) is 4.99 Å². The molecule has 1 saturated heterocycles. The van der Waals surface area contributed by atoms with Crippen LogP contribution in [0.2, 0.25) is 0 Å². The summed E-state index contributed by atoms with van der Waals surface area (Å²) in [6.45, 7) is -0.459. The van der Waals surface area contributed by atoms with Gasteiger partial charge in [0.05, 0.1) is 29.2 Å². The molecule has 0 spiro atoms. The van der Waals surface area contributed by atoms with Crippen LogP contribution >= 0.6 is 0 Å². The van der Waals surface area contributed by atoms with Crippen molar-refractivity contribution in [3.63, 3.8) is 0 Å². The van der Waals surface area contributed by atoms with Crippen molar-refractivity contribution in [2.45, 2.75) is 24.5 Å². The van der Waals surface area contributed by atoms with Crippen molar-refractivity contribution < 1.29 is 38.1 Å².